The van der Waals surface area contributed by atoms with Gasteiger partial charge in [0.05, 0.1) is 6.26 Å². The molecule has 1 aliphatic rings. The fraction of sp³-hybridized carbons (Fsp3) is 0.228. The largest absolute Gasteiger partial charge is 0.464 e. The Morgan fingerprint density at radius 1 is 0.746 bits per heavy atom. The number of para-hydroxylation sites is 1. The van der Waals surface area contributed by atoms with Crippen LogP contribution in [-0.4, -0.2) is 0 Å². The molecule has 4 aromatic rings. The molecule has 0 aliphatic heterocycles. The maximum absolute atomic E-state index is 6.09. The van der Waals surface area contributed by atoms with Gasteiger partial charge in [-0.3, -0.25) is 0 Å². The van der Waals surface area contributed by atoms with E-state index in [4.69, 9.17) is 4.42 Å². The number of hydrogen-bond donors (Lipinski definition) is 0. The lowest BCUT2D eigenvalue weighted by molar-refractivity contribution is 0.530. The lowest BCUT2D eigenvalue weighted by atomic mass is 9.86. The maximum Gasteiger partial charge on any atom is 0.134 e. The Labute approximate surface area is 356 Å². The minimum absolute atomic E-state index is 0.850. The van der Waals surface area contributed by atoms with Crippen LogP contribution in [-0.2, 0) is 0 Å². The standard InChI is InChI=1S/C53H55NO.2C2H6/c1-9-13-15-19-26-46-38-55-52(49(46)12-4)35-39(5)37-54(47-27-21-17-22-28-47)48-32-31-43(11-3)45(36-48)30-29-41(7)50-33-34-51-40(6)23-18-16-20-25-44(24-14-10-2)53(51)42(50)8;2*1-2/h9-14,16-38H,15H2,1-8H3;2*1-2H3/b13-9-,14-10-,18-16-,25-20+,26-19-,39-37+,40-23+,41-29+,43-11-,44-24-,45-30-,49-12-,52-35+;;. The Hall–Kier alpha value is -6.12. The second-order valence-corrected chi connectivity index (χ2v) is 13.7. The van der Waals surface area contributed by atoms with E-state index in [1.807, 2.05) is 40.9 Å². The fourth-order valence-electron chi connectivity index (χ4n) is 6.89. The van der Waals surface area contributed by atoms with Gasteiger partial charge in [-0.05, 0) is 147 Å². The first-order valence-corrected chi connectivity index (χ1v) is 21.3. The average Bonchev–Trinajstić information content (AvgIpc) is 3.68. The molecule has 0 atom stereocenters. The number of rotatable bonds is 10. The summed E-state index contributed by atoms with van der Waals surface area (Å²) in [5, 5.41) is 3.43. The van der Waals surface area contributed by atoms with Gasteiger partial charge >= 0.3 is 0 Å². The second-order valence-electron chi connectivity index (χ2n) is 13.7. The summed E-state index contributed by atoms with van der Waals surface area (Å²) in [5.74, 6) is 0. The van der Waals surface area contributed by atoms with Gasteiger partial charge in [-0.1, -0.05) is 161 Å². The highest BCUT2D eigenvalue weighted by atomic mass is 16.3. The van der Waals surface area contributed by atoms with E-state index in [1.165, 1.54) is 44.2 Å². The van der Waals surface area contributed by atoms with Gasteiger partial charge in [0, 0.05) is 28.4 Å². The first kappa shape index (κ1) is 47.3. The zero-order chi connectivity index (χ0) is 43.2. The Morgan fingerprint density at radius 2 is 1.51 bits per heavy atom. The van der Waals surface area contributed by atoms with Gasteiger partial charge in [0.15, 0.2) is 0 Å². The van der Waals surface area contributed by atoms with Crippen molar-refractivity contribution in [3.05, 3.63) is 201 Å². The van der Waals surface area contributed by atoms with E-state index in [2.05, 4.69) is 224 Å². The van der Waals surface area contributed by atoms with Crippen LogP contribution in [0.25, 0.3) is 47.1 Å². The van der Waals surface area contributed by atoms with Gasteiger partial charge in [-0.25, -0.2) is 0 Å². The summed E-state index contributed by atoms with van der Waals surface area (Å²) in [6.45, 7) is 25.1. The Bertz CT molecular complexity index is 2520. The smallest absolute Gasteiger partial charge is 0.134 e. The van der Waals surface area contributed by atoms with Crippen molar-refractivity contribution in [1.82, 2.24) is 0 Å². The Morgan fingerprint density at radius 3 is 2.20 bits per heavy atom. The topological polar surface area (TPSA) is 16.4 Å². The van der Waals surface area contributed by atoms with E-state index in [0.717, 1.165) is 44.8 Å². The highest BCUT2D eigenvalue weighted by Crippen LogP contribution is 2.35. The lowest BCUT2D eigenvalue weighted by Gasteiger charge is -2.22. The predicted molar refractivity (Wildman–Crippen MR) is 266 cm³/mol. The average molecular weight is 782 g/mol. The number of hydrogen-bond acceptors (Lipinski definition) is 2. The molecule has 0 spiro atoms. The van der Waals surface area contributed by atoms with Crippen molar-refractivity contribution >= 4 is 58.5 Å². The molecule has 3 aromatic carbocycles. The molecule has 2 nitrogen and oxygen atoms in total. The molecule has 59 heavy (non-hydrogen) atoms. The molecule has 1 heterocycles. The van der Waals surface area contributed by atoms with Crippen LogP contribution in [0.4, 0.5) is 11.4 Å². The summed E-state index contributed by atoms with van der Waals surface area (Å²) in [4.78, 5) is 2.26. The van der Waals surface area contributed by atoms with Crippen molar-refractivity contribution in [2.45, 2.75) is 89.5 Å². The molecule has 0 fully saturated rings. The number of anilines is 2. The summed E-state index contributed by atoms with van der Waals surface area (Å²) in [5.41, 5.74) is 13.9. The van der Waals surface area contributed by atoms with E-state index in [-0.39, 0.29) is 0 Å². The van der Waals surface area contributed by atoms with Crippen LogP contribution < -0.4 is 26.0 Å². The van der Waals surface area contributed by atoms with Crippen LogP contribution in [0.1, 0.15) is 110 Å². The molecule has 0 N–H and O–H groups in total. The molecule has 0 unspecified atom stereocenters. The maximum atomic E-state index is 6.09. The summed E-state index contributed by atoms with van der Waals surface area (Å²) < 4.78 is 6.09. The molecule has 5 rings (SSSR count). The number of allylic oxidation sites excluding steroid dienone is 16. The summed E-state index contributed by atoms with van der Waals surface area (Å²) in [7, 11) is 0. The minimum atomic E-state index is 0.850. The molecule has 306 valence electrons. The van der Waals surface area contributed by atoms with Gasteiger partial charge in [0.25, 0.3) is 0 Å². The van der Waals surface area contributed by atoms with Crippen LogP contribution in [0, 0.1) is 6.92 Å². The third kappa shape index (κ3) is 12.9. The Kier molecular flexibility index (Phi) is 20.3. The van der Waals surface area contributed by atoms with Crippen molar-refractivity contribution in [2.75, 3.05) is 4.90 Å². The highest BCUT2D eigenvalue weighted by Gasteiger charge is 2.15. The normalized spacial score (nSPS) is 17.2. The molecule has 0 amide bonds. The zero-order valence-electron chi connectivity index (χ0n) is 37.8. The first-order valence-electron chi connectivity index (χ1n) is 21.3. The SMILES string of the molecule is CC.CC.C\C=C/C=C1/C=C/C=C\C=C(/C)c2ccc(/C(C)=C/C=c3/cc(N(/C=C(C)/C=c4/occ(/C=C\C/C=C\C)/c4=C/C)c4ccccc4)cc/c3=C/C)c(C)c21. The van der Waals surface area contributed by atoms with E-state index in [0.29, 0.717) is 0 Å². The number of benzene rings is 3. The molecule has 0 bridgehead atoms. The van der Waals surface area contributed by atoms with Gasteiger partial charge in [0.1, 0.15) is 5.42 Å². The highest BCUT2D eigenvalue weighted by molar-refractivity contribution is 5.89. The van der Waals surface area contributed by atoms with Crippen molar-refractivity contribution in [2.24, 2.45) is 0 Å². The summed E-state index contributed by atoms with van der Waals surface area (Å²) >= 11 is 0. The molecular formula is C57H67NO. The monoisotopic (exact) mass is 782 g/mol. The molecular weight excluding hydrogens is 715 g/mol. The third-order valence-electron chi connectivity index (χ3n) is 9.80. The quantitative estimate of drug-likeness (QED) is 0.149. The fourth-order valence-corrected chi connectivity index (χ4v) is 6.89. The number of fused-ring (bicyclic) bond motifs is 1. The first-order chi connectivity index (χ1) is 28.8. The van der Waals surface area contributed by atoms with Crippen LogP contribution in [0.15, 0.2) is 156 Å². The third-order valence-corrected chi connectivity index (χ3v) is 9.80. The van der Waals surface area contributed by atoms with Gasteiger partial charge < -0.3 is 9.32 Å². The molecule has 1 aliphatic carbocycles. The van der Waals surface area contributed by atoms with Crippen molar-refractivity contribution in [1.29, 1.82) is 0 Å². The molecule has 0 saturated heterocycles. The van der Waals surface area contributed by atoms with Gasteiger partial charge in [-0.2, -0.15) is 0 Å². The number of nitrogens with zero attached hydrogens (tertiary/aromatic N) is 1. The zero-order valence-corrected chi connectivity index (χ0v) is 37.8. The van der Waals surface area contributed by atoms with Crippen LogP contribution >= 0.6 is 0 Å². The lowest BCUT2D eigenvalue weighted by Crippen LogP contribution is -2.25. The van der Waals surface area contributed by atoms with Crippen LogP contribution in [0.5, 0.6) is 0 Å². The Balaban J connectivity index is 0.00000225. The second kappa shape index (κ2) is 25.3. The van der Waals surface area contributed by atoms with Crippen molar-refractivity contribution in [3.63, 3.8) is 0 Å². The molecule has 2 heteroatoms. The molecule has 0 saturated carbocycles. The van der Waals surface area contributed by atoms with Gasteiger partial charge in [0.2, 0.25) is 0 Å². The van der Waals surface area contributed by atoms with Crippen LogP contribution in [0.2, 0.25) is 0 Å². The van der Waals surface area contributed by atoms with Crippen LogP contribution in [0.3, 0.4) is 0 Å². The number of furan rings is 1. The molecule has 1 aromatic heterocycles. The predicted octanol–water partition coefficient (Wildman–Crippen LogP) is 14.1. The van der Waals surface area contributed by atoms with E-state index >= 15 is 0 Å². The summed E-state index contributed by atoms with van der Waals surface area (Å²) in [6.07, 6.45) is 41.5. The summed E-state index contributed by atoms with van der Waals surface area (Å²) in [6, 6.07) is 21.8. The van der Waals surface area contributed by atoms with Gasteiger partial charge in [-0.15, -0.1) is 0 Å². The van der Waals surface area contributed by atoms with E-state index in [1.54, 1.807) is 0 Å². The molecule has 0 radical (unpaired) electrons. The van der Waals surface area contributed by atoms with Crippen molar-refractivity contribution in [3.8, 4) is 0 Å². The van der Waals surface area contributed by atoms with E-state index in [9.17, 15) is 0 Å². The van der Waals surface area contributed by atoms with E-state index < -0.39 is 0 Å². The minimum Gasteiger partial charge on any atom is -0.464 e. The van der Waals surface area contributed by atoms with Crippen molar-refractivity contribution < 1.29 is 4.42 Å².